The molecule has 7 heteroatoms. The van der Waals surface area contributed by atoms with Crippen LogP contribution in [0.5, 0.6) is 0 Å². The third-order valence-corrected chi connectivity index (χ3v) is 4.38. The molecule has 25 heavy (non-hydrogen) atoms. The van der Waals surface area contributed by atoms with Gasteiger partial charge in [-0.2, -0.15) is 0 Å². The molecule has 0 bridgehead atoms. The summed E-state index contributed by atoms with van der Waals surface area (Å²) in [5.41, 5.74) is 2.44. The van der Waals surface area contributed by atoms with E-state index >= 15 is 0 Å². The molecule has 1 aliphatic rings. The Morgan fingerprint density at radius 1 is 1.40 bits per heavy atom. The molecule has 1 saturated heterocycles. The minimum atomic E-state index is -0.0516. The van der Waals surface area contributed by atoms with Gasteiger partial charge in [-0.1, -0.05) is 0 Å². The van der Waals surface area contributed by atoms with Gasteiger partial charge in [0.2, 0.25) is 0 Å². The number of piperidine rings is 1. The predicted octanol–water partition coefficient (Wildman–Crippen LogP) is 2.13. The largest absolute Gasteiger partial charge is 0.377 e. The summed E-state index contributed by atoms with van der Waals surface area (Å²) in [4.78, 5) is 31.4. The fraction of sp³-hybridized carbons (Fsp3) is 0.500. The van der Waals surface area contributed by atoms with Crippen molar-refractivity contribution in [2.45, 2.75) is 39.2 Å². The molecule has 3 rings (SSSR count). The molecule has 3 heterocycles. The number of carbonyl (C=O) groups is 1. The van der Waals surface area contributed by atoms with E-state index in [1.165, 1.54) is 6.33 Å². The summed E-state index contributed by atoms with van der Waals surface area (Å²) in [6.07, 6.45) is 6.79. The first kappa shape index (κ1) is 17.4. The van der Waals surface area contributed by atoms with Crippen LogP contribution >= 0.6 is 0 Å². The van der Waals surface area contributed by atoms with Gasteiger partial charge < -0.3 is 9.64 Å². The van der Waals surface area contributed by atoms with E-state index in [-0.39, 0.29) is 11.8 Å². The zero-order valence-corrected chi connectivity index (χ0v) is 14.7. The quantitative estimate of drug-likeness (QED) is 0.829. The van der Waals surface area contributed by atoms with E-state index in [9.17, 15) is 4.79 Å². The van der Waals surface area contributed by atoms with Gasteiger partial charge in [-0.25, -0.2) is 19.9 Å². The first-order valence-corrected chi connectivity index (χ1v) is 8.64. The number of rotatable bonds is 5. The SMILES string of the molecule is CCOCc1cnc(C)nc1C1CCCN(C(=O)c2ccncn2)C1. The number of aryl methyl sites for hydroxylation is 1. The van der Waals surface area contributed by atoms with Crippen molar-refractivity contribution in [1.29, 1.82) is 0 Å². The van der Waals surface area contributed by atoms with Crippen LogP contribution in [0.15, 0.2) is 24.8 Å². The average Bonchev–Trinajstić information content (AvgIpc) is 2.67. The number of nitrogens with zero attached hydrogens (tertiary/aromatic N) is 5. The van der Waals surface area contributed by atoms with Crippen LogP contribution in [0.4, 0.5) is 0 Å². The molecular weight excluding hydrogens is 318 g/mol. The van der Waals surface area contributed by atoms with Gasteiger partial charge in [-0.05, 0) is 32.8 Å². The molecule has 1 fully saturated rings. The maximum atomic E-state index is 12.7. The molecule has 1 unspecified atom stereocenters. The highest BCUT2D eigenvalue weighted by Crippen LogP contribution is 2.29. The van der Waals surface area contributed by atoms with E-state index in [0.29, 0.717) is 25.5 Å². The van der Waals surface area contributed by atoms with Crippen molar-refractivity contribution in [3.8, 4) is 0 Å². The van der Waals surface area contributed by atoms with Gasteiger partial charge in [-0.3, -0.25) is 4.79 Å². The van der Waals surface area contributed by atoms with Gasteiger partial charge in [0.15, 0.2) is 0 Å². The molecule has 0 spiro atoms. The summed E-state index contributed by atoms with van der Waals surface area (Å²) in [5, 5.41) is 0. The lowest BCUT2D eigenvalue weighted by Crippen LogP contribution is -2.40. The second kappa shape index (κ2) is 8.11. The first-order valence-electron chi connectivity index (χ1n) is 8.64. The number of aromatic nitrogens is 4. The third-order valence-electron chi connectivity index (χ3n) is 4.38. The lowest BCUT2D eigenvalue weighted by molar-refractivity contribution is 0.0698. The van der Waals surface area contributed by atoms with Crippen LogP contribution < -0.4 is 0 Å². The number of hydrogen-bond donors (Lipinski definition) is 0. The number of ether oxygens (including phenoxy) is 1. The Labute approximate surface area is 147 Å². The number of carbonyl (C=O) groups excluding carboxylic acids is 1. The molecule has 0 radical (unpaired) electrons. The van der Waals surface area contributed by atoms with Crippen LogP contribution in [0.25, 0.3) is 0 Å². The van der Waals surface area contributed by atoms with Crippen LogP contribution in [-0.4, -0.2) is 50.4 Å². The molecule has 7 nitrogen and oxygen atoms in total. The molecule has 2 aromatic heterocycles. The zero-order valence-electron chi connectivity index (χ0n) is 14.7. The van der Waals surface area contributed by atoms with Crippen LogP contribution in [0.1, 0.15) is 53.3 Å². The van der Waals surface area contributed by atoms with Crippen molar-refractivity contribution in [1.82, 2.24) is 24.8 Å². The summed E-state index contributed by atoms with van der Waals surface area (Å²) in [5.74, 6) is 0.885. The van der Waals surface area contributed by atoms with Gasteiger partial charge in [0.1, 0.15) is 17.8 Å². The van der Waals surface area contributed by atoms with Crippen LogP contribution in [0.3, 0.4) is 0 Å². The third kappa shape index (κ3) is 4.17. The molecule has 1 aliphatic heterocycles. The normalized spacial score (nSPS) is 17.5. The van der Waals surface area contributed by atoms with Crippen molar-refractivity contribution in [2.24, 2.45) is 0 Å². The van der Waals surface area contributed by atoms with E-state index in [2.05, 4.69) is 19.9 Å². The fourth-order valence-corrected chi connectivity index (χ4v) is 3.15. The summed E-state index contributed by atoms with van der Waals surface area (Å²) in [6, 6.07) is 1.65. The van der Waals surface area contributed by atoms with Crippen molar-refractivity contribution >= 4 is 5.91 Å². The monoisotopic (exact) mass is 341 g/mol. The summed E-state index contributed by atoms with van der Waals surface area (Å²) in [6.45, 7) is 6.39. The second-order valence-corrected chi connectivity index (χ2v) is 6.15. The topological polar surface area (TPSA) is 81.1 Å². The molecular formula is C18H23N5O2. The van der Waals surface area contributed by atoms with Crippen LogP contribution in [0.2, 0.25) is 0 Å². The number of hydrogen-bond acceptors (Lipinski definition) is 6. The minimum Gasteiger partial charge on any atom is -0.377 e. The average molecular weight is 341 g/mol. The Morgan fingerprint density at radius 2 is 2.28 bits per heavy atom. The van der Waals surface area contributed by atoms with E-state index in [0.717, 1.165) is 36.5 Å². The highest BCUT2D eigenvalue weighted by atomic mass is 16.5. The summed E-state index contributed by atoms with van der Waals surface area (Å²) in [7, 11) is 0. The lowest BCUT2D eigenvalue weighted by Gasteiger charge is -2.33. The Balaban J connectivity index is 1.79. The highest BCUT2D eigenvalue weighted by molar-refractivity contribution is 5.92. The van der Waals surface area contributed by atoms with Crippen molar-refractivity contribution < 1.29 is 9.53 Å². The molecule has 0 aromatic carbocycles. The van der Waals surface area contributed by atoms with Gasteiger partial charge in [-0.15, -0.1) is 0 Å². The van der Waals surface area contributed by atoms with Gasteiger partial charge in [0, 0.05) is 43.6 Å². The number of likely N-dealkylation sites (tertiary alicyclic amines) is 1. The molecule has 1 amide bonds. The zero-order chi connectivity index (χ0) is 17.6. The maximum Gasteiger partial charge on any atom is 0.272 e. The fourth-order valence-electron chi connectivity index (χ4n) is 3.15. The van der Waals surface area contributed by atoms with Gasteiger partial charge >= 0.3 is 0 Å². The molecule has 132 valence electrons. The minimum absolute atomic E-state index is 0.0516. The van der Waals surface area contributed by atoms with E-state index in [1.54, 1.807) is 12.3 Å². The Bertz CT molecular complexity index is 723. The smallest absolute Gasteiger partial charge is 0.272 e. The molecule has 0 saturated carbocycles. The Morgan fingerprint density at radius 3 is 3.04 bits per heavy atom. The van der Waals surface area contributed by atoms with Crippen molar-refractivity contribution in [2.75, 3.05) is 19.7 Å². The molecule has 1 atom stereocenters. The van der Waals surface area contributed by atoms with E-state index < -0.39 is 0 Å². The number of amides is 1. The molecule has 0 N–H and O–H groups in total. The Hall–Kier alpha value is -2.41. The maximum absolute atomic E-state index is 12.7. The molecule has 2 aromatic rings. The van der Waals surface area contributed by atoms with Gasteiger partial charge in [0.25, 0.3) is 5.91 Å². The van der Waals surface area contributed by atoms with E-state index in [1.807, 2.05) is 24.9 Å². The van der Waals surface area contributed by atoms with Crippen molar-refractivity contribution in [3.05, 3.63) is 47.6 Å². The van der Waals surface area contributed by atoms with Crippen molar-refractivity contribution in [3.63, 3.8) is 0 Å². The summed E-state index contributed by atoms with van der Waals surface area (Å²) >= 11 is 0. The second-order valence-electron chi connectivity index (χ2n) is 6.15. The predicted molar refractivity (Wildman–Crippen MR) is 92.0 cm³/mol. The van der Waals surface area contributed by atoms with Crippen LogP contribution in [0, 0.1) is 6.92 Å². The summed E-state index contributed by atoms with van der Waals surface area (Å²) < 4.78 is 5.56. The highest BCUT2D eigenvalue weighted by Gasteiger charge is 2.28. The van der Waals surface area contributed by atoms with Crippen LogP contribution in [-0.2, 0) is 11.3 Å². The lowest BCUT2D eigenvalue weighted by atomic mass is 9.92. The van der Waals surface area contributed by atoms with Gasteiger partial charge in [0.05, 0.1) is 12.3 Å². The first-order chi connectivity index (χ1) is 12.2. The molecule has 0 aliphatic carbocycles. The van der Waals surface area contributed by atoms with E-state index in [4.69, 9.17) is 4.74 Å². The Kier molecular flexibility index (Phi) is 5.65. The standard InChI is InChI=1S/C18H23N5O2/c1-3-25-11-15-9-20-13(2)22-17(15)14-5-4-8-23(10-14)18(24)16-6-7-19-12-21-16/h6-7,9,12,14H,3-5,8,10-11H2,1-2H3.